The summed E-state index contributed by atoms with van der Waals surface area (Å²) in [7, 11) is -3.76. The van der Waals surface area contributed by atoms with Gasteiger partial charge in [-0.1, -0.05) is 12.1 Å². The van der Waals surface area contributed by atoms with E-state index in [1.54, 1.807) is 6.92 Å². The van der Waals surface area contributed by atoms with E-state index in [-0.39, 0.29) is 16.9 Å². The SMILES string of the molecule is C[C@H](NC[C@H]1COc2ccccc2O1)C(=O)Nc1ccc(S(N)(=O)=O)cc1. The fraction of sp³-hybridized carbons (Fsp3) is 0.278. The van der Waals surface area contributed by atoms with Gasteiger partial charge in [-0.3, -0.25) is 4.79 Å². The molecule has 9 heteroatoms. The van der Waals surface area contributed by atoms with Gasteiger partial charge in [0.25, 0.3) is 0 Å². The van der Waals surface area contributed by atoms with Crippen molar-refractivity contribution in [3.05, 3.63) is 48.5 Å². The van der Waals surface area contributed by atoms with Crippen LogP contribution >= 0.6 is 0 Å². The maximum atomic E-state index is 12.3. The van der Waals surface area contributed by atoms with E-state index in [1.807, 2.05) is 24.3 Å². The second-order valence-electron chi connectivity index (χ2n) is 6.19. The molecule has 4 N–H and O–H groups in total. The predicted octanol–water partition coefficient (Wildman–Crippen LogP) is 1.09. The molecule has 0 aliphatic carbocycles. The van der Waals surface area contributed by atoms with Gasteiger partial charge in [-0.05, 0) is 43.3 Å². The maximum absolute atomic E-state index is 12.3. The number of amides is 1. The molecule has 2 aromatic rings. The molecule has 0 aromatic heterocycles. The molecule has 1 heterocycles. The second kappa shape index (κ2) is 7.95. The number of carbonyl (C=O) groups is 1. The lowest BCUT2D eigenvalue weighted by molar-refractivity contribution is -0.117. The third-order valence-electron chi connectivity index (χ3n) is 4.06. The highest BCUT2D eigenvalue weighted by atomic mass is 32.2. The molecule has 1 aliphatic rings. The molecule has 1 amide bonds. The molecule has 0 radical (unpaired) electrons. The summed E-state index contributed by atoms with van der Waals surface area (Å²) in [5.41, 5.74) is 0.479. The summed E-state index contributed by atoms with van der Waals surface area (Å²) in [4.78, 5) is 12.3. The Morgan fingerprint density at radius 3 is 2.52 bits per heavy atom. The highest BCUT2D eigenvalue weighted by Crippen LogP contribution is 2.30. The summed E-state index contributed by atoms with van der Waals surface area (Å²) in [6.07, 6.45) is -0.204. The first-order chi connectivity index (χ1) is 12.8. The molecule has 3 rings (SSSR count). The Kier molecular flexibility index (Phi) is 5.64. The van der Waals surface area contributed by atoms with Crippen LogP contribution in [0.1, 0.15) is 6.92 Å². The summed E-state index contributed by atoms with van der Waals surface area (Å²) in [6, 6.07) is 12.6. The van der Waals surface area contributed by atoms with Crippen LogP contribution in [0.25, 0.3) is 0 Å². The summed E-state index contributed by atoms with van der Waals surface area (Å²) >= 11 is 0. The molecular formula is C18H21N3O5S. The summed E-state index contributed by atoms with van der Waals surface area (Å²) < 4.78 is 34.0. The fourth-order valence-corrected chi connectivity index (χ4v) is 3.06. The van der Waals surface area contributed by atoms with Crippen molar-refractivity contribution in [3.63, 3.8) is 0 Å². The van der Waals surface area contributed by atoms with Crippen LogP contribution in [0.15, 0.2) is 53.4 Å². The molecule has 2 aromatic carbocycles. The van der Waals surface area contributed by atoms with E-state index < -0.39 is 16.1 Å². The van der Waals surface area contributed by atoms with E-state index in [2.05, 4.69) is 10.6 Å². The van der Waals surface area contributed by atoms with E-state index in [0.717, 1.165) is 0 Å². The number of benzene rings is 2. The zero-order valence-corrected chi connectivity index (χ0v) is 15.5. The van der Waals surface area contributed by atoms with E-state index in [4.69, 9.17) is 14.6 Å². The van der Waals surface area contributed by atoms with Crippen molar-refractivity contribution < 1.29 is 22.7 Å². The zero-order chi connectivity index (χ0) is 19.4. The quantitative estimate of drug-likeness (QED) is 0.678. The van der Waals surface area contributed by atoms with E-state index in [0.29, 0.717) is 30.3 Å². The lowest BCUT2D eigenvalue weighted by atomic mass is 10.2. The molecule has 0 fully saturated rings. The van der Waals surface area contributed by atoms with Crippen LogP contribution in [0.3, 0.4) is 0 Å². The van der Waals surface area contributed by atoms with Crippen LogP contribution in [-0.2, 0) is 14.8 Å². The number of hydrogen-bond acceptors (Lipinski definition) is 6. The Morgan fingerprint density at radius 2 is 1.85 bits per heavy atom. The topological polar surface area (TPSA) is 120 Å². The minimum Gasteiger partial charge on any atom is -0.486 e. The predicted molar refractivity (Wildman–Crippen MR) is 100 cm³/mol. The van der Waals surface area contributed by atoms with Crippen molar-refractivity contribution >= 4 is 21.6 Å². The second-order valence-corrected chi connectivity index (χ2v) is 7.75. The highest BCUT2D eigenvalue weighted by Gasteiger charge is 2.22. The van der Waals surface area contributed by atoms with Crippen LogP contribution in [0.5, 0.6) is 11.5 Å². The lowest BCUT2D eigenvalue weighted by Crippen LogP contribution is -2.45. The van der Waals surface area contributed by atoms with Gasteiger partial charge in [0.1, 0.15) is 12.7 Å². The Hall–Kier alpha value is -2.62. The average Bonchev–Trinajstić information content (AvgIpc) is 2.65. The van der Waals surface area contributed by atoms with E-state index >= 15 is 0 Å². The van der Waals surface area contributed by atoms with Gasteiger partial charge in [0.05, 0.1) is 10.9 Å². The molecule has 8 nitrogen and oxygen atoms in total. The molecule has 144 valence electrons. The first-order valence-corrected chi connectivity index (χ1v) is 9.93. The third-order valence-corrected chi connectivity index (χ3v) is 4.99. The van der Waals surface area contributed by atoms with Gasteiger partial charge < -0.3 is 20.1 Å². The summed E-state index contributed by atoms with van der Waals surface area (Å²) in [5.74, 6) is 1.14. The van der Waals surface area contributed by atoms with Crippen LogP contribution in [0.2, 0.25) is 0 Å². The van der Waals surface area contributed by atoms with E-state index in [1.165, 1.54) is 24.3 Å². The number of nitrogens with one attached hydrogen (secondary N) is 2. The van der Waals surface area contributed by atoms with Crippen LogP contribution in [0, 0.1) is 0 Å². The molecule has 0 saturated heterocycles. The molecule has 0 bridgehead atoms. The fourth-order valence-electron chi connectivity index (χ4n) is 2.54. The minimum atomic E-state index is -3.76. The van der Waals surface area contributed by atoms with Gasteiger partial charge in [-0.2, -0.15) is 0 Å². The Balaban J connectivity index is 1.50. The molecular weight excluding hydrogens is 370 g/mol. The number of rotatable bonds is 6. The number of primary sulfonamides is 1. The van der Waals surface area contributed by atoms with Crippen molar-refractivity contribution in [2.75, 3.05) is 18.5 Å². The number of hydrogen-bond donors (Lipinski definition) is 3. The van der Waals surface area contributed by atoms with Crippen LogP contribution in [-0.4, -0.2) is 39.6 Å². The van der Waals surface area contributed by atoms with Gasteiger partial charge in [-0.15, -0.1) is 0 Å². The molecule has 1 aliphatic heterocycles. The molecule has 2 atom stereocenters. The normalized spacial score (nSPS) is 17.2. The third kappa shape index (κ3) is 4.97. The number of sulfonamides is 1. The summed E-state index contributed by atoms with van der Waals surface area (Å²) in [5, 5.41) is 10.9. The van der Waals surface area contributed by atoms with Crippen molar-refractivity contribution in [2.24, 2.45) is 5.14 Å². The Labute approximate surface area is 157 Å². The lowest BCUT2D eigenvalue weighted by Gasteiger charge is -2.27. The number of fused-ring (bicyclic) bond motifs is 1. The maximum Gasteiger partial charge on any atom is 0.241 e. The van der Waals surface area contributed by atoms with Crippen LogP contribution in [0.4, 0.5) is 5.69 Å². The Bertz CT molecular complexity index is 915. The van der Waals surface area contributed by atoms with Crippen LogP contribution < -0.4 is 25.2 Å². The van der Waals surface area contributed by atoms with Gasteiger partial charge in [0.15, 0.2) is 11.5 Å². The number of nitrogens with two attached hydrogens (primary N) is 1. The molecule has 27 heavy (non-hydrogen) atoms. The first-order valence-electron chi connectivity index (χ1n) is 8.38. The summed E-state index contributed by atoms with van der Waals surface area (Å²) in [6.45, 7) is 2.56. The highest BCUT2D eigenvalue weighted by molar-refractivity contribution is 7.89. The smallest absolute Gasteiger partial charge is 0.241 e. The van der Waals surface area contributed by atoms with Gasteiger partial charge in [0.2, 0.25) is 15.9 Å². The van der Waals surface area contributed by atoms with Gasteiger partial charge in [-0.25, -0.2) is 13.6 Å². The minimum absolute atomic E-state index is 0.0126. The standard InChI is InChI=1S/C18H21N3O5S/c1-12(18(22)21-13-6-8-15(9-7-13)27(19,23)24)20-10-14-11-25-16-4-2-3-5-17(16)26-14/h2-9,12,14,20H,10-11H2,1H3,(H,21,22)(H2,19,23,24)/t12-,14-/m0/s1. The number of ether oxygens (including phenoxy) is 2. The van der Waals surface area contributed by atoms with Crippen molar-refractivity contribution in [1.29, 1.82) is 0 Å². The number of carbonyl (C=O) groups excluding carboxylic acids is 1. The van der Waals surface area contributed by atoms with Crippen molar-refractivity contribution in [1.82, 2.24) is 5.32 Å². The number of para-hydroxylation sites is 2. The first kappa shape index (κ1) is 19.2. The monoisotopic (exact) mass is 391 g/mol. The molecule has 0 spiro atoms. The van der Waals surface area contributed by atoms with E-state index in [9.17, 15) is 13.2 Å². The zero-order valence-electron chi connectivity index (χ0n) is 14.7. The van der Waals surface area contributed by atoms with Gasteiger partial charge >= 0.3 is 0 Å². The number of anilines is 1. The Morgan fingerprint density at radius 1 is 1.19 bits per heavy atom. The largest absolute Gasteiger partial charge is 0.486 e. The molecule has 0 saturated carbocycles. The van der Waals surface area contributed by atoms with Crippen molar-refractivity contribution in [2.45, 2.75) is 24.0 Å². The van der Waals surface area contributed by atoms with Gasteiger partial charge in [0, 0.05) is 12.2 Å². The average molecular weight is 391 g/mol. The van der Waals surface area contributed by atoms with Crippen molar-refractivity contribution in [3.8, 4) is 11.5 Å². The molecule has 0 unspecified atom stereocenters.